The molecule has 133 heavy (non-hydrogen) atoms. The van der Waals surface area contributed by atoms with E-state index in [9.17, 15) is 39.5 Å². The molecule has 12 aromatic rings. The van der Waals surface area contributed by atoms with E-state index in [0.717, 1.165) is 207 Å². The third-order valence-corrected chi connectivity index (χ3v) is 25.0. The van der Waals surface area contributed by atoms with Crippen LogP contribution in [0.2, 0.25) is 5.02 Å². The lowest BCUT2D eigenvalue weighted by Crippen LogP contribution is -2.35. The Bertz CT molecular complexity index is 5400. The number of nitrogens with zero attached hydrogens (tertiary/aromatic N) is 1. The van der Waals surface area contributed by atoms with E-state index in [1.807, 2.05) is 109 Å². The number of nitriles is 1. The lowest BCUT2D eigenvalue weighted by atomic mass is 9.88. The first-order valence-corrected chi connectivity index (χ1v) is 46.6. The van der Waals surface area contributed by atoms with E-state index in [4.69, 9.17) is 45.3 Å². The van der Waals surface area contributed by atoms with E-state index in [0.29, 0.717) is 51.5 Å². The maximum absolute atomic E-state index is 13.9. The monoisotopic (exact) mass is 1840 g/mol. The Hall–Kier alpha value is -11.7. The molecule has 8 atom stereocenters. The van der Waals surface area contributed by atoms with Crippen LogP contribution >= 0.6 is 11.6 Å². The molecule has 0 amide bonds. The van der Waals surface area contributed by atoms with Gasteiger partial charge in [-0.3, -0.25) is 0 Å². The van der Waals surface area contributed by atoms with Crippen molar-refractivity contribution in [2.75, 3.05) is 78.5 Å². The van der Waals surface area contributed by atoms with Gasteiger partial charge < -0.3 is 60.3 Å². The average Bonchev–Trinajstić information content (AvgIpc) is 0.862. The Labute approximate surface area is 780 Å². The van der Waals surface area contributed by atoms with E-state index < -0.39 is 11.7 Å². The number of nitrogens with one attached hydrogen (secondary N) is 6. The Balaban J connectivity index is 0.000000136. The van der Waals surface area contributed by atoms with Gasteiger partial charge in [0, 0.05) is 59.7 Å². The van der Waals surface area contributed by atoms with Gasteiger partial charge in [0.2, 0.25) is 0 Å². The van der Waals surface area contributed by atoms with Crippen molar-refractivity contribution in [3.63, 3.8) is 0 Å². The Kier molecular flexibility index (Phi) is 38.7. The molecule has 6 heterocycles. The Morgan fingerprint density at radius 2 is 0.602 bits per heavy atom. The molecule has 6 aliphatic heterocycles. The number of piperidine rings is 6. The second-order valence-electron chi connectivity index (χ2n) is 34.1. The molecule has 698 valence electrons. The van der Waals surface area contributed by atoms with Gasteiger partial charge in [0.1, 0.15) is 94.5 Å². The fourth-order valence-electron chi connectivity index (χ4n) is 17.7. The van der Waals surface area contributed by atoms with Crippen molar-refractivity contribution >= 4 is 11.6 Å². The largest absolute Gasteiger partial charge is 0.485 e. The molecule has 23 heteroatoms. The molecular formula is C110H117ClF9N7O6. The van der Waals surface area contributed by atoms with Crippen molar-refractivity contribution in [2.45, 2.75) is 120 Å². The second kappa shape index (κ2) is 52.1. The summed E-state index contributed by atoms with van der Waals surface area (Å²) in [6, 6.07) is 90.7. The van der Waals surface area contributed by atoms with Crippen LogP contribution in [-0.4, -0.2) is 78.5 Å². The molecule has 0 saturated carbocycles. The molecule has 0 aliphatic carbocycles. The summed E-state index contributed by atoms with van der Waals surface area (Å²) in [5, 5.41) is 29.9. The normalized spacial score (nSPS) is 18.0. The van der Waals surface area contributed by atoms with Gasteiger partial charge in [-0.2, -0.15) is 18.4 Å². The van der Waals surface area contributed by atoms with Gasteiger partial charge in [-0.05, 0) is 328 Å². The molecule has 6 saturated heterocycles. The van der Waals surface area contributed by atoms with Crippen molar-refractivity contribution in [3.05, 3.63) is 394 Å². The van der Waals surface area contributed by atoms with Crippen LogP contribution in [0.5, 0.6) is 34.5 Å². The van der Waals surface area contributed by atoms with E-state index >= 15 is 0 Å². The van der Waals surface area contributed by atoms with Crippen LogP contribution in [0.4, 0.5) is 39.5 Å². The number of ether oxygens (including phenoxy) is 6. The van der Waals surface area contributed by atoms with Gasteiger partial charge in [-0.15, -0.1) is 0 Å². The minimum absolute atomic E-state index is 0.0266. The number of halogens is 10. The minimum Gasteiger partial charge on any atom is -0.485 e. The zero-order chi connectivity index (χ0) is 92.8. The first-order chi connectivity index (χ1) is 64.9. The minimum atomic E-state index is -4.37. The van der Waals surface area contributed by atoms with Crippen LogP contribution in [0.25, 0.3) is 0 Å². The smallest absolute Gasteiger partial charge is 0.416 e. The van der Waals surface area contributed by atoms with E-state index in [2.05, 4.69) is 86.5 Å². The van der Waals surface area contributed by atoms with Gasteiger partial charge in [-0.1, -0.05) is 163 Å². The first-order valence-electron chi connectivity index (χ1n) is 46.3. The zero-order valence-corrected chi connectivity index (χ0v) is 75.3. The highest BCUT2D eigenvalue weighted by Gasteiger charge is 2.35. The summed E-state index contributed by atoms with van der Waals surface area (Å²) in [6.07, 6.45) is 7.50. The summed E-state index contributed by atoms with van der Waals surface area (Å²) in [6.45, 7) is 11.6. The van der Waals surface area contributed by atoms with E-state index in [-0.39, 0.29) is 83.4 Å². The van der Waals surface area contributed by atoms with Crippen molar-refractivity contribution in [1.29, 1.82) is 5.26 Å². The van der Waals surface area contributed by atoms with Crippen molar-refractivity contribution in [2.24, 2.45) is 35.5 Å². The number of benzene rings is 12. The van der Waals surface area contributed by atoms with Crippen LogP contribution in [0.3, 0.4) is 0 Å². The number of hydrogen-bond donors (Lipinski definition) is 6. The maximum Gasteiger partial charge on any atom is 0.416 e. The average molecular weight is 1840 g/mol. The zero-order valence-electron chi connectivity index (χ0n) is 74.5. The van der Waals surface area contributed by atoms with Gasteiger partial charge in [0.05, 0.1) is 17.2 Å². The first kappa shape index (κ1) is 98.8. The molecule has 6 N–H and O–H groups in total. The van der Waals surface area contributed by atoms with Gasteiger partial charge in [-0.25, -0.2) is 26.3 Å². The molecule has 6 aliphatic rings. The second-order valence-corrected chi connectivity index (χ2v) is 34.6. The highest BCUT2D eigenvalue weighted by molar-refractivity contribution is 6.30. The highest BCUT2D eigenvalue weighted by Crippen LogP contribution is 2.42. The topological polar surface area (TPSA) is 151 Å². The third-order valence-electron chi connectivity index (χ3n) is 24.7. The molecule has 0 aromatic heterocycles. The predicted octanol–water partition coefficient (Wildman–Crippen LogP) is 25.2. The van der Waals surface area contributed by atoms with Crippen LogP contribution in [0.1, 0.15) is 158 Å². The summed E-state index contributed by atoms with van der Waals surface area (Å²) < 4.78 is 155. The van der Waals surface area contributed by atoms with E-state index in [1.165, 1.54) is 90.0 Å². The fourth-order valence-corrected chi connectivity index (χ4v) is 17.9. The molecule has 18 rings (SSSR count). The van der Waals surface area contributed by atoms with Gasteiger partial charge >= 0.3 is 6.18 Å². The standard InChI is InChI=1S/C19H19F4NO.C19H20N2O.C18H19ClFNO.C18H19F2NO.2C18H20FNO/c20-16-7-3-13(4-8-16)18(14-2-1-11-24-12-14)25-17-9-5-15(6-10-17)19(21,22)23;20-14-15-5-4-8-18(13-15)22-19(16-6-2-1-3-7-16)17-9-11-21-12-10-17;19-15-5-9-17(10-6-15)22-18(14-2-1-11-21-12-14)13-3-7-16(20)8-4-13;19-15-4-1-3-14(11-15)18(13-7-9-21-10-8-13)22-17-6-2-5-16(20)12-17;19-16-8-4-5-9-17(16)21-18(14-6-2-1-3-7-14)15-10-12-20-13-11-15;19-16-6-8-17(9-7-16)21-18(14-4-2-1-3-5-14)15-10-12-20-13-11-15/h3-10,14,18,24H,1-2,11-12H2;1-8,13,17,19,21H,9-12H2;3-10,14,18,21H,1-2,11-12H2;1-6,11-13,18,21H,7-10H2;2*1-9,15,18,20H,10-13H2. The third kappa shape index (κ3) is 31.5. The number of para-hydroxylation sites is 1. The Morgan fingerprint density at radius 3 is 0.985 bits per heavy atom. The summed E-state index contributed by atoms with van der Waals surface area (Å²) in [4.78, 5) is 0. The summed E-state index contributed by atoms with van der Waals surface area (Å²) in [5.74, 6) is 3.97. The molecule has 0 spiro atoms. The fraction of sp³-hybridized carbons (Fsp3) is 0.336. The van der Waals surface area contributed by atoms with Crippen molar-refractivity contribution in [3.8, 4) is 40.6 Å². The summed E-state index contributed by atoms with van der Waals surface area (Å²) in [5.41, 5.74) is 6.06. The SMILES string of the molecule is Fc1ccc(C(Oc2ccc(C(F)(F)F)cc2)C2CCCNC2)cc1.Fc1ccc(C(Oc2ccc(Cl)cc2)C2CCCNC2)cc1.Fc1ccc(OC(c2ccccc2)C2CCNCC2)cc1.Fc1cccc(OC(c2cccc(F)c2)C2CCNCC2)c1.Fc1ccccc1OC(c1ccccc1)C1CCNCC1.N#Cc1cccc(OC(c2ccccc2)C2CCNCC2)c1. The van der Waals surface area contributed by atoms with Gasteiger partial charge in [0.25, 0.3) is 0 Å². The lowest BCUT2D eigenvalue weighted by Gasteiger charge is -2.31. The number of alkyl halides is 3. The lowest BCUT2D eigenvalue weighted by molar-refractivity contribution is -0.137. The van der Waals surface area contributed by atoms with Crippen LogP contribution in [0, 0.1) is 81.7 Å². The summed E-state index contributed by atoms with van der Waals surface area (Å²) in [7, 11) is 0. The molecule has 8 unspecified atom stereocenters. The molecule has 6 fully saturated rings. The van der Waals surface area contributed by atoms with Gasteiger partial charge in [0.15, 0.2) is 11.6 Å². The van der Waals surface area contributed by atoms with Crippen LogP contribution < -0.4 is 60.3 Å². The molecule has 0 radical (unpaired) electrons. The number of rotatable bonds is 24. The highest BCUT2D eigenvalue weighted by atomic mass is 35.5. The number of hydrogen-bond acceptors (Lipinski definition) is 13. The predicted molar refractivity (Wildman–Crippen MR) is 506 cm³/mol. The molecule has 0 bridgehead atoms. The molecule has 12 aromatic carbocycles. The maximum atomic E-state index is 13.9. The van der Waals surface area contributed by atoms with Crippen LogP contribution in [-0.2, 0) is 6.18 Å². The Morgan fingerprint density at radius 1 is 0.278 bits per heavy atom. The molecule has 13 nitrogen and oxygen atoms in total. The van der Waals surface area contributed by atoms with Crippen molar-refractivity contribution in [1.82, 2.24) is 31.9 Å². The quantitative estimate of drug-likeness (QED) is 0.0319. The van der Waals surface area contributed by atoms with Crippen molar-refractivity contribution < 1.29 is 67.9 Å². The van der Waals surface area contributed by atoms with E-state index in [1.54, 1.807) is 60.7 Å². The van der Waals surface area contributed by atoms with Crippen LogP contribution in [0.15, 0.2) is 309 Å². The molecular weight excluding hydrogens is 1720 g/mol. The summed E-state index contributed by atoms with van der Waals surface area (Å²) >= 11 is 5.92.